The van der Waals surface area contributed by atoms with Crippen molar-refractivity contribution in [3.63, 3.8) is 0 Å². The molecule has 0 amide bonds. The minimum Gasteiger partial charge on any atom is -0.497 e. The second kappa shape index (κ2) is 19.4. The van der Waals surface area contributed by atoms with E-state index in [1.165, 1.54) is 11.9 Å². The van der Waals surface area contributed by atoms with E-state index in [-0.39, 0.29) is 25.7 Å². The van der Waals surface area contributed by atoms with Crippen molar-refractivity contribution < 1.29 is 18.9 Å². The fourth-order valence-corrected chi connectivity index (χ4v) is 8.95. The summed E-state index contributed by atoms with van der Waals surface area (Å²) in [5, 5.41) is 9.93. The fraction of sp³-hybridized carbons (Fsp3) is 0.306. The molecule has 1 saturated carbocycles. The molecule has 4 aromatic carbocycles. The van der Waals surface area contributed by atoms with Crippen LogP contribution < -0.4 is 20.1 Å². The van der Waals surface area contributed by atoms with E-state index < -0.39 is 5.79 Å². The summed E-state index contributed by atoms with van der Waals surface area (Å²) >= 11 is 9.80. The molecule has 10 rings (SSSR count). The Morgan fingerprint density at radius 1 is 0.734 bits per heavy atom. The summed E-state index contributed by atoms with van der Waals surface area (Å²) in [4.78, 5) is 26.8. The largest absolute Gasteiger partial charge is 0.497 e. The molecule has 64 heavy (non-hydrogen) atoms. The molecular formula is C49H51BrClN9O4. The number of hydrogen-bond donors (Lipinski definition) is 2. The number of nitrogens with zero attached hydrogens (tertiary/aromatic N) is 7. The van der Waals surface area contributed by atoms with Crippen LogP contribution in [0.15, 0.2) is 120 Å². The van der Waals surface area contributed by atoms with Crippen molar-refractivity contribution in [1.82, 2.24) is 34.5 Å². The number of rotatable bonds is 12. The van der Waals surface area contributed by atoms with Gasteiger partial charge in [-0.05, 0) is 104 Å². The van der Waals surface area contributed by atoms with Crippen molar-refractivity contribution in [3.8, 4) is 11.5 Å². The first kappa shape index (κ1) is 44.7. The van der Waals surface area contributed by atoms with Crippen LogP contribution in [0, 0.1) is 5.92 Å². The molecule has 1 aliphatic heterocycles. The molecule has 13 nitrogen and oxygen atoms in total. The Balaban J connectivity index is 0.000000214. The van der Waals surface area contributed by atoms with E-state index in [4.69, 9.17) is 35.5 Å². The van der Waals surface area contributed by atoms with Gasteiger partial charge < -0.3 is 34.1 Å². The first-order valence-electron chi connectivity index (χ1n) is 20.9. The summed E-state index contributed by atoms with van der Waals surface area (Å²) in [6.07, 6.45) is 10.0. The normalized spacial score (nSPS) is 18.5. The molecule has 2 fully saturated rings. The van der Waals surface area contributed by atoms with Crippen molar-refractivity contribution >= 4 is 72.3 Å². The number of benzene rings is 4. The van der Waals surface area contributed by atoms with Crippen molar-refractivity contribution in [2.24, 2.45) is 5.92 Å². The van der Waals surface area contributed by atoms with Crippen LogP contribution in [0.3, 0.4) is 0 Å². The van der Waals surface area contributed by atoms with Crippen LogP contribution in [0.2, 0.25) is 5.15 Å². The molecule has 8 aromatic rings. The Hall–Kier alpha value is -5.93. The van der Waals surface area contributed by atoms with E-state index in [1.807, 2.05) is 105 Å². The SMILES string of the molecule is C.COc1ccc(CNc2ncc3ccc(Br)cc3n2)cc1.COc1ccc(CNc2ncc3ccc(CCC4C[C@@H](n5ccc6c(Cl)ncnc65)[C@@H]5OC(C)(C)O[C@H]45)cc3n2)cc1. The molecule has 1 aliphatic carbocycles. The van der Waals surface area contributed by atoms with E-state index in [0.29, 0.717) is 36.1 Å². The zero-order valence-electron chi connectivity index (χ0n) is 35.3. The maximum absolute atomic E-state index is 6.47. The fourth-order valence-electron chi connectivity index (χ4n) is 8.41. The molecule has 15 heteroatoms. The topological polar surface area (TPSA) is 143 Å². The van der Waals surface area contributed by atoms with Crippen LogP contribution in [0.5, 0.6) is 11.5 Å². The van der Waals surface area contributed by atoms with Crippen LogP contribution in [-0.2, 0) is 29.0 Å². The van der Waals surface area contributed by atoms with Crippen LogP contribution in [0.4, 0.5) is 11.9 Å². The smallest absolute Gasteiger partial charge is 0.223 e. The van der Waals surface area contributed by atoms with Gasteiger partial charge in [-0.3, -0.25) is 0 Å². The number of aromatic nitrogens is 7. The third-order valence-electron chi connectivity index (χ3n) is 11.6. The standard InChI is InChI=1S/C32H33ClN6O3.C16H14BrN3O.CH4/c1-32(2)41-27-21(15-26(28(27)42-32)39-13-12-24-29(33)36-18-37-30(24)39)8-4-19-5-9-22-17-35-31(38-25(22)14-19)34-16-20-6-10-23(40-3)11-7-20;1-21-14-6-2-11(3-7-14)9-18-16-19-10-12-4-5-13(17)8-15(12)20-16;/h5-7,9-14,17-18,21,26-28H,4,8,15-16H2,1-3H3,(H,34,35,38);2-8,10H,9H2,1H3,(H,18,19,20);1H4/t21?,26-,27-,28+;;/m1../s1. The summed E-state index contributed by atoms with van der Waals surface area (Å²) in [6.45, 7) is 5.29. The minimum atomic E-state index is -0.628. The molecule has 0 bridgehead atoms. The highest BCUT2D eigenvalue weighted by Gasteiger charge is 2.54. The molecule has 0 spiro atoms. The molecule has 330 valence electrons. The highest BCUT2D eigenvalue weighted by Crippen LogP contribution is 2.49. The van der Waals surface area contributed by atoms with E-state index in [9.17, 15) is 0 Å². The second-order valence-electron chi connectivity index (χ2n) is 16.2. The van der Waals surface area contributed by atoms with Gasteiger partial charge >= 0.3 is 0 Å². The predicted molar refractivity (Wildman–Crippen MR) is 256 cm³/mol. The van der Waals surface area contributed by atoms with E-state index >= 15 is 0 Å². The summed E-state index contributed by atoms with van der Waals surface area (Å²) in [7, 11) is 3.33. The lowest BCUT2D eigenvalue weighted by atomic mass is 9.95. The maximum Gasteiger partial charge on any atom is 0.223 e. The van der Waals surface area contributed by atoms with Gasteiger partial charge in [0.1, 0.15) is 34.7 Å². The van der Waals surface area contributed by atoms with Crippen molar-refractivity contribution in [1.29, 1.82) is 0 Å². The molecular weight excluding hydrogens is 894 g/mol. The monoisotopic (exact) mass is 943 g/mol. The minimum absolute atomic E-state index is 0. The molecule has 5 heterocycles. The van der Waals surface area contributed by atoms with Gasteiger partial charge in [0, 0.05) is 46.9 Å². The Morgan fingerprint density at radius 2 is 1.31 bits per heavy atom. The Labute approximate surface area is 386 Å². The highest BCUT2D eigenvalue weighted by molar-refractivity contribution is 9.10. The third-order valence-corrected chi connectivity index (χ3v) is 12.4. The van der Waals surface area contributed by atoms with Gasteiger partial charge in [-0.2, -0.15) is 0 Å². The van der Waals surface area contributed by atoms with E-state index in [2.05, 4.69) is 74.2 Å². The molecule has 1 unspecified atom stereocenters. The Morgan fingerprint density at radius 3 is 1.94 bits per heavy atom. The van der Waals surface area contributed by atoms with E-state index in [0.717, 1.165) is 79.2 Å². The Bertz CT molecular complexity index is 2860. The lowest BCUT2D eigenvalue weighted by Gasteiger charge is -2.24. The average molecular weight is 945 g/mol. The van der Waals surface area contributed by atoms with Crippen molar-refractivity contribution in [2.75, 3.05) is 24.9 Å². The number of hydrogen-bond acceptors (Lipinski definition) is 12. The van der Waals surface area contributed by atoms with Crippen LogP contribution in [-0.4, -0.2) is 66.7 Å². The highest BCUT2D eigenvalue weighted by atomic mass is 79.9. The van der Waals surface area contributed by atoms with Gasteiger partial charge in [0.05, 0.1) is 42.8 Å². The number of anilines is 2. The first-order chi connectivity index (χ1) is 30.6. The second-order valence-corrected chi connectivity index (χ2v) is 17.5. The third kappa shape index (κ3) is 10.1. The molecule has 2 N–H and O–H groups in total. The molecule has 1 saturated heterocycles. The number of fused-ring (bicyclic) bond motifs is 4. The number of aryl methyl sites for hydroxylation is 1. The summed E-state index contributed by atoms with van der Waals surface area (Å²) < 4.78 is 26.5. The van der Waals surface area contributed by atoms with Gasteiger partial charge in [0.25, 0.3) is 0 Å². The number of halogens is 2. The maximum atomic E-state index is 6.47. The first-order valence-corrected chi connectivity index (χ1v) is 22.0. The molecule has 4 aromatic heterocycles. The lowest BCUT2D eigenvalue weighted by Crippen LogP contribution is -2.27. The number of ether oxygens (including phenoxy) is 4. The van der Waals surface area contributed by atoms with Crippen molar-refractivity contribution in [3.05, 3.63) is 142 Å². The quantitative estimate of drug-likeness (QED) is 0.113. The predicted octanol–water partition coefficient (Wildman–Crippen LogP) is 11.0. The summed E-state index contributed by atoms with van der Waals surface area (Å²) in [5.74, 6) is 2.63. The lowest BCUT2D eigenvalue weighted by molar-refractivity contribution is -0.160. The van der Waals surface area contributed by atoms with E-state index in [1.54, 1.807) is 14.2 Å². The zero-order valence-corrected chi connectivity index (χ0v) is 37.7. The van der Waals surface area contributed by atoms with Gasteiger partial charge in [0.15, 0.2) is 5.79 Å². The number of methoxy groups -OCH3 is 2. The molecule has 4 atom stereocenters. The number of nitrogens with one attached hydrogen (secondary N) is 2. The molecule has 0 radical (unpaired) electrons. The van der Waals surface area contributed by atoms with Gasteiger partial charge in [-0.25, -0.2) is 29.9 Å². The van der Waals surface area contributed by atoms with Gasteiger partial charge in [-0.1, -0.05) is 77.4 Å². The average Bonchev–Trinajstić information content (AvgIpc) is 3.98. The summed E-state index contributed by atoms with van der Waals surface area (Å²) in [5.41, 5.74) is 6.19. The van der Waals surface area contributed by atoms with Crippen LogP contribution in [0.1, 0.15) is 56.8 Å². The van der Waals surface area contributed by atoms with Crippen LogP contribution >= 0.6 is 27.5 Å². The zero-order chi connectivity index (χ0) is 43.5. The van der Waals surface area contributed by atoms with Gasteiger partial charge in [-0.15, -0.1) is 0 Å². The van der Waals surface area contributed by atoms with Crippen LogP contribution in [0.25, 0.3) is 32.8 Å². The molecule has 2 aliphatic rings. The summed E-state index contributed by atoms with van der Waals surface area (Å²) in [6, 6.07) is 30.4. The Kier molecular flexibility index (Phi) is 13.6. The van der Waals surface area contributed by atoms with Gasteiger partial charge in [0.2, 0.25) is 11.9 Å². The van der Waals surface area contributed by atoms with Crippen molar-refractivity contribution in [2.45, 2.75) is 77.7 Å².